The highest BCUT2D eigenvalue weighted by Crippen LogP contribution is 2.19. The molecule has 0 saturated heterocycles. The van der Waals surface area contributed by atoms with Gasteiger partial charge in [0.2, 0.25) is 5.91 Å². The number of nitrogens with two attached hydrogens (primary N) is 1. The highest BCUT2D eigenvalue weighted by Gasteiger charge is 2.19. The van der Waals surface area contributed by atoms with E-state index in [0.717, 1.165) is 5.69 Å². The van der Waals surface area contributed by atoms with Crippen molar-refractivity contribution in [1.82, 2.24) is 0 Å². The van der Waals surface area contributed by atoms with Gasteiger partial charge in [-0.15, -0.1) is 0 Å². The zero-order valence-corrected chi connectivity index (χ0v) is 10.2. The van der Waals surface area contributed by atoms with Gasteiger partial charge in [-0.05, 0) is 31.0 Å². The van der Waals surface area contributed by atoms with Crippen LogP contribution in [-0.2, 0) is 4.79 Å². The Morgan fingerprint density at radius 3 is 2.38 bits per heavy atom. The van der Waals surface area contributed by atoms with Gasteiger partial charge in [0, 0.05) is 12.1 Å². The fourth-order valence-electron chi connectivity index (χ4n) is 1.35. The van der Waals surface area contributed by atoms with Crippen LogP contribution in [0.25, 0.3) is 0 Å². The fourth-order valence-corrected chi connectivity index (χ4v) is 1.35. The molecule has 0 saturated carbocycles. The lowest BCUT2D eigenvalue weighted by molar-refractivity contribution is -0.117. The smallest absolute Gasteiger partial charge is 0.224 e. The Bertz CT molecular complexity index is 355. The predicted octanol–water partition coefficient (Wildman–Crippen LogP) is 2.31. The molecule has 88 valence electrons. The average molecular weight is 220 g/mol. The fraction of sp³-hybridized carbons (Fsp3) is 0.462. The summed E-state index contributed by atoms with van der Waals surface area (Å²) >= 11 is 0. The number of benzene rings is 1. The zero-order valence-electron chi connectivity index (χ0n) is 10.2. The molecule has 1 rings (SSSR count). The summed E-state index contributed by atoms with van der Waals surface area (Å²) in [5.41, 5.74) is 7.46. The number of hydrogen-bond acceptors (Lipinski definition) is 2. The summed E-state index contributed by atoms with van der Waals surface area (Å²) in [5, 5.41) is 2.87. The summed E-state index contributed by atoms with van der Waals surface area (Å²) in [5.74, 6) is 0.0132. The first-order valence-electron chi connectivity index (χ1n) is 5.49. The monoisotopic (exact) mass is 220 g/mol. The van der Waals surface area contributed by atoms with E-state index in [1.54, 1.807) is 0 Å². The molecule has 3 nitrogen and oxygen atoms in total. The van der Waals surface area contributed by atoms with Crippen molar-refractivity contribution in [2.24, 2.45) is 11.1 Å². The summed E-state index contributed by atoms with van der Waals surface area (Å²) in [4.78, 5) is 11.7. The molecule has 0 spiro atoms. The lowest BCUT2D eigenvalue weighted by Crippen LogP contribution is -2.29. The van der Waals surface area contributed by atoms with Crippen LogP contribution < -0.4 is 11.1 Å². The maximum absolute atomic E-state index is 11.7. The Morgan fingerprint density at radius 1 is 1.31 bits per heavy atom. The van der Waals surface area contributed by atoms with Crippen LogP contribution in [0.1, 0.15) is 25.8 Å². The summed E-state index contributed by atoms with van der Waals surface area (Å²) in [6.07, 6.45) is 0.442. The molecule has 1 aromatic rings. The summed E-state index contributed by atoms with van der Waals surface area (Å²) in [6, 6.07) is 7.76. The molecular formula is C13H20N2O. The molecule has 0 aliphatic rings. The van der Waals surface area contributed by atoms with E-state index in [0.29, 0.717) is 13.0 Å². The average Bonchev–Trinajstić information content (AvgIpc) is 2.21. The largest absolute Gasteiger partial charge is 0.330 e. The molecular weight excluding hydrogens is 200 g/mol. The van der Waals surface area contributed by atoms with Gasteiger partial charge in [-0.1, -0.05) is 31.5 Å². The third-order valence-corrected chi connectivity index (χ3v) is 2.53. The normalized spacial score (nSPS) is 11.2. The molecule has 3 N–H and O–H groups in total. The highest BCUT2D eigenvalue weighted by molar-refractivity contribution is 5.91. The number of rotatable bonds is 4. The number of hydrogen-bond donors (Lipinski definition) is 2. The Hall–Kier alpha value is -1.35. The molecule has 0 aromatic heterocycles. The van der Waals surface area contributed by atoms with Crippen molar-refractivity contribution in [3.8, 4) is 0 Å². The van der Waals surface area contributed by atoms with Crippen LogP contribution in [0.2, 0.25) is 0 Å². The van der Waals surface area contributed by atoms with Gasteiger partial charge >= 0.3 is 0 Å². The number of amides is 1. The third kappa shape index (κ3) is 4.03. The Labute approximate surface area is 97.0 Å². The van der Waals surface area contributed by atoms with Crippen molar-refractivity contribution in [3.05, 3.63) is 29.8 Å². The van der Waals surface area contributed by atoms with Crippen LogP contribution in [-0.4, -0.2) is 12.5 Å². The van der Waals surface area contributed by atoms with Gasteiger partial charge in [-0.25, -0.2) is 0 Å². The summed E-state index contributed by atoms with van der Waals surface area (Å²) in [6.45, 7) is 6.50. The van der Waals surface area contributed by atoms with Gasteiger partial charge in [0.05, 0.1) is 0 Å². The molecule has 16 heavy (non-hydrogen) atoms. The molecule has 0 radical (unpaired) electrons. The van der Waals surface area contributed by atoms with E-state index in [2.05, 4.69) is 5.32 Å². The molecule has 0 bridgehead atoms. The van der Waals surface area contributed by atoms with E-state index >= 15 is 0 Å². The second-order valence-electron chi connectivity index (χ2n) is 4.96. The lowest BCUT2D eigenvalue weighted by Gasteiger charge is -2.21. The first-order valence-corrected chi connectivity index (χ1v) is 5.49. The first kappa shape index (κ1) is 12.7. The van der Waals surface area contributed by atoms with Crippen LogP contribution in [0.15, 0.2) is 24.3 Å². The number of carbonyl (C=O) groups is 1. The van der Waals surface area contributed by atoms with Gasteiger partial charge in [0.25, 0.3) is 0 Å². The molecule has 1 aromatic carbocycles. The van der Waals surface area contributed by atoms with E-state index in [1.807, 2.05) is 45.0 Å². The SMILES string of the molecule is Cc1ccc(NC(=O)CC(C)(C)CN)cc1. The minimum atomic E-state index is -0.144. The van der Waals surface area contributed by atoms with Crippen LogP contribution >= 0.6 is 0 Å². The second kappa shape index (κ2) is 5.12. The standard InChI is InChI=1S/C13H20N2O/c1-10-4-6-11(7-5-10)15-12(16)8-13(2,3)9-14/h4-7H,8-9,14H2,1-3H3,(H,15,16). The van der Waals surface area contributed by atoms with E-state index in [9.17, 15) is 4.79 Å². The number of carbonyl (C=O) groups excluding carboxylic acids is 1. The topological polar surface area (TPSA) is 55.1 Å². The lowest BCUT2D eigenvalue weighted by atomic mass is 9.89. The second-order valence-corrected chi connectivity index (χ2v) is 4.96. The molecule has 0 aliphatic carbocycles. The Balaban J connectivity index is 2.55. The van der Waals surface area contributed by atoms with E-state index in [1.165, 1.54) is 5.56 Å². The highest BCUT2D eigenvalue weighted by atomic mass is 16.1. The zero-order chi connectivity index (χ0) is 12.2. The molecule has 0 fully saturated rings. The van der Waals surface area contributed by atoms with E-state index in [4.69, 9.17) is 5.73 Å². The Morgan fingerprint density at radius 2 is 1.88 bits per heavy atom. The van der Waals surface area contributed by atoms with Gasteiger partial charge in [-0.3, -0.25) is 4.79 Å². The number of anilines is 1. The van der Waals surface area contributed by atoms with Crippen molar-refractivity contribution >= 4 is 11.6 Å². The molecule has 1 amide bonds. The van der Waals surface area contributed by atoms with Crippen LogP contribution in [0.5, 0.6) is 0 Å². The summed E-state index contributed by atoms with van der Waals surface area (Å²) in [7, 11) is 0. The van der Waals surface area contributed by atoms with Crippen molar-refractivity contribution in [1.29, 1.82) is 0 Å². The van der Waals surface area contributed by atoms with Gasteiger partial charge in [0.15, 0.2) is 0 Å². The quantitative estimate of drug-likeness (QED) is 0.818. The van der Waals surface area contributed by atoms with Gasteiger partial charge in [0.1, 0.15) is 0 Å². The minimum absolute atomic E-state index is 0.0132. The number of nitrogens with one attached hydrogen (secondary N) is 1. The van der Waals surface area contributed by atoms with Crippen LogP contribution in [0, 0.1) is 12.3 Å². The van der Waals surface area contributed by atoms with Gasteiger partial charge < -0.3 is 11.1 Å². The maximum atomic E-state index is 11.7. The molecule has 0 aliphatic heterocycles. The minimum Gasteiger partial charge on any atom is -0.330 e. The van der Waals surface area contributed by atoms with E-state index < -0.39 is 0 Å². The molecule has 0 atom stereocenters. The molecule has 0 heterocycles. The van der Waals surface area contributed by atoms with E-state index in [-0.39, 0.29) is 11.3 Å². The summed E-state index contributed by atoms with van der Waals surface area (Å²) < 4.78 is 0. The Kier molecular flexibility index (Phi) is 4.07. The van der Waals surface area contributed by atoms with Crippen molar-refractivity contribution in [2.45, 2.75) is 27.2 Å². The van der Waals surface area contributed by atoms with Crippen LogP contribution in [0.4, 0.5) is 5.69 Å². The van der Waals surface area contributed by atoms with Crippen molar-refractivity contribution in [2.75, 3.05) is 11.9 Å². The first-order chi connectivity index (χ1) is 7.43. The van der Waals surface area contributed by atoms with Gasteiger partial charge in [-0.2, -0.15) is 0 Å². The predicted molar refractivity (Wildman–Crippen MR) is 67.3 cm³/mol. The molecule has 3 heteroatoms. The van der Waals surface area contributed by atoms with Crippen LogP contribution in [0.3, 0.4) is 0 Å². The molecule has 0 unspecified atom stereocenters. The van der Waals surface area contributed by atoms with Crippen molar-refractivity contribution < 1.29 is 4.79 Å². The number of aryl methyl sites for hydroxylation is 1. The third-order valence-electron chi connectivity index (χ3n) is 2.53. The maximum Gasteiger partial charge on any atom is 0.224 e. The van der Waals surface area contributed by atoms with Crippen molar-refractivity contribution in [3.63, 3.8) is 0 Å².